The summed E-state index contributed by atoms with van der Waals surface area (Å²) in [5.74, 6) is -1.83. The van der Waals surface area contributed by atoms with Crippen molar-refractivity contribution in [3.63, 3.8) is 0 Å². The summed E-state index contributed by atoms with van der Waals surface area (Å²) in [6, 6.07) is 9.33. The average Bonchev–Trinajstić information content (AvgIpc) is 3.22. The highest BCUT2D eigenvalue weighted by Gasteiger charge is 2.39. The largest absolute Gasteiger partial charge is 0.344 e. The molecular formula is C29H33ClN4O5. The molecule has 2 aliphatic rings. The van der Waals surface area contributed by atoms with E-state index in [4.69, 9.17) is 11.6 Å². The van der Waals surface area contributed by atoms with Crippen molar-refractivity contribution in [2.75, 3.05) is 5.32 Å². The zero-order chi connectivity index (χ0) is 28.3. The van der Waals surface area contributed by atoms with Crippen molar-refractivity contribution >= 4 is 46.8 Å². The number of hydrogen-bond donors (Lipinski definition) is 3. The fourth-order valence-corrected chi connectivity index (χ4v) is 5.07. The Morgan fingerprint density at radius 3 is 2.59 bits per heavy atom. The summed E-state index contributed by atoms with van der Waals surface area (Å²) in [6.45, 7) is 5.70. The molecular weight excluding hydrogens is 520 g/mol. The molecule has 0 spiro atoms. The number of fused-ring (bicyclic) bond motifs is 1. The van der Waals surface area contributed by atoms with Crippen LogP contribution in [0.15, 0.2) is 36.4 Å². The Bertz CT molecular complexity index is 1320. The summed E-state index contributed by atoms with van der Waals surface area (Å²) in [7, 11) is 0. The molecule has 1 fully saturated rings. The third-order valence-corrected chi connectivity index (χ3v) is 7.62. The molecule has 1 unspecified atom stereocenters. The highest BCUT2D eigenvalue weighted by molar-refractivity contribution is 6.31. The minimum Gasteiger partial charge on any atom is -0.344 e. The van der Waals surface area contributed by atoms with E-state index in [1.165, 1.54) is 4.90 Å². The average molecular weight is 553 g/mol. The maximum Gasteiger partial charge on any atom is 0.255 e. The number of rotatable bonds is 9. The lowest BCUT2D eigenvalue weighted by atomic mass is 9.97. The second-order valence-electron chi connectivity index (χ2n) is 10.4. The summed E-state index contributed by atoms with van der Waals surface area (Å²) < 4.78 is 0. The molecule has 4 rings (SSSR count). The Balaban J connectivity index is 1.44. The van der Waals surface area contributed by atoms with Gasteiger partial charge in [-0.15, -0.1) is 0 Å². The zero-order valence-electron chi connectivity index (χ0n) is 22.3. The molecule has 0 radical (unpaired) electrons. The number of nitrogens with one attached hydrogen (secondary N) is 3. The number of benzene rings is 2. The number of hydrogen-bond acceptors (Lipinski definition) is 5. The summed E-state index contributed by atoms with van der Waals surface area (Å²) >= 11 is 6.20. The van der Waals surface area contributed by atoms with Gasteiger partial charge in [0.05, 0.1) is 0 Å². The SMILES string of the molecule is Cc1ccc(NC(=O)[C@H](CCCc2cccc3c2CN(C2CCC(=O)NC2=O)C3=O)NC(=O)C(C)C)cc1Cl. The number of carbonyl (C=O) groups excluding carboxylic acids is 5. The Labute approximate surface area is 232 Å². The highest BCUT2D eigenvalue weighted by Crippen LogP contribution is 2.30. The molecule has 9 nitrogen and oxygen atoms in total. The van der Waals surface area contributed by atoms with E-state index in [0.717, 1.165) is 16.7 Å². The Morgan fingerprint density at radius 2 is 1.90 bits per heavy atom. The fraction of sp³-hybridized carbons (Fsp3) is 0.414. The number of aryl methyl sites for hydroxylation is 2. The molecule has 206 valence electrons. The summed E-state index contributed by atoms with van der Waals surface area (Å²) in [4.78, 5) is 64.1. The lowest BCUT2D eigenvalue weighted by Crippen LogP contribution is -2.52. The maximum absolute atomic E-state index is 13.1. The van der Waals surface area contributed by atoms with E-state index >= 15 is 0 Å². The molecule has 2 atom stereocenters. The standard InChI is InChI=1S/C29H33ClN4O5/c1-16(2)26(36)32-23(27(37)31-19-11-10-17(3)22(30)14-19)9-5-7-18-6-4-8-20-21(18)15-34(29(20)39)24-12-13-25(35)33-28(24)38/h4,6,8,10-11,14,16,23-24H,5,7,9,12-13,15H2,1-3H3,(H,31,37)(H,32,36)(H,33,35,38)/t23-,24?/m0/s1. The number of halogens is 1. The van der Waals surface area contributed by atoms with Gasteiger partial charge in [-0.3, -0.25) is 29.3 Å². The van der Waals surface area contributed by atoms with Crippen LogP contribution in [0.2, 0.25) is 5.02 Å². The van der Waals surface area contributed by atoms with Crippen LogP contribution in [0.25, 0.3) is 0 Å². The Morgan fingerprint density at radius 1 is 1.13 bits per heavy atom. The van der Waals surface area contributed by atoms with Crippen molar-refractivity contribution in [3.05, 3.63) is 63.7 Å². The van der Waals surface area contributed by atoms with Gasteiger partial charge in [0.25, 0.3) is 5.91 Å². The topological polar surface area (TPSA) is 125 Å². The molecule has 3 N–H and O–H groups in total. The van der Waals surface area contributed by atoms with Gasteiger partial charge in [0.2, 0.25) is 23.6 Å². The first-order valence-electron chi connectivity index (χ1n) is 13.2. The maximum atomic E-state index is 13.1. The number of piperidine rings is 1. The molecule has 1 saturated heterocycles. The van der Waals surface area contributed by atoms with Crippen molar-refractivity contribution < 1.29 is 24.0 Å². The molecule has 2 heterocycles. The first kappa shape index (κ1) is 28.3. The van der Waals surface area contributed by atoms with E-state index < -0.39 is 18.0 Å². The van der Waals surface area contributed by atoms with E-state index in [0.29, 0.717) is 48.5 Å². The number of amides is 5. The van der Waals surface area contributed by atoms with E-state index in [1.807, 2.05) is 25.1 Å². The van der Waals surface area contributed by atoms with Crippen molar-refractivity contribution in [1.82, 2.24) is 15.5 Å². The molecule has 39 heavy (non-hydrogen) atoms. The van der Waals surface area contributed by atoms with Crippen LogP contribution in [-0.4, -0.2) is 46.5 Å². The van der Waals surface area contributed by atoms with Gasteiger partial charge >= 0.3 is 0 Å². The monoisotopic (exact) mass is 552 g/mol. The zero-order valence-corrected chi connectivity index (χ0v) is 23.1. The van der Waals surface area contributed by atoms with Crippen LogP contribution in [0.1, 0.15) is 66.6 Å². The first-order chi connectivity index (χ1) is 18.5. The van der Waals surface area contributed by atoms with Gasteiger partial charge in [-0.1, -0.05) is 43.6 Å². The minimum absolute atomic E-state index is 0.198. The highest BCUT2D eigenvalue weighted by atomic mass is 35.5. The number of imide groups is 1. The van der Waals surface area contributed by atoms with Crippen LogP contribution < -0.4 is 16.0 Å². The van der Waals surface area contributed by atoms with Gasteiger partial charge in [0.15, 0.2) is 0 Å². The molecule has 0 saturated carbocycles. The summed E-state index contributed by atoms with van der Waals surface area (Å²) in [5.41, 5.74) is 3.80. The Hall–Kier alpha value is -3.72. The first-order valence-corrected chi connectivity index (χ1v) is 13.6. The van der Waals surface area contributed by atoms with Gasteiger partial charge in [-0.05, 0) is 67.5 Å². The number of anilines is 1. The lowest BCUT2D eigenvalue weighted by molar-refractivity contribution is -0.137. The third kappa shape index (κ3) is 6.47. The van der Waals surface area contributed by atoms with Crippen molar-refractivity contribution in [1.29, 1.82) is 0 Å². The van der Waals surface area contributed by atoms with Crippen LogP contribution >= 0.6 is 11.6 Å². The minimum atomic E-state index is -0.752. The van der Waals surface area contributed by atoms with E-state index in [-0.39, 0.29) is 36.0 Å². The molecule has 0 aliphatic carbocycles. The van der Waals surface area contributed by atoms with Crippen LogP contribution in [0.3, 0.4) is 0 Å². The van der Waals surface area contributed by atoms with Gasteiger partial charge in [-0.25, -0.2) is 0 Å². The van der Waals surface area contributed by atoms with E-state index in [9.17, 15) is 24.0 Å². The van der Waals surface area contributed by atoms with Gasteiger partial charge < -0.3 is 15.5 Å². The molecule has 2 aliphatic heterocycles. The predicted molar refractivity (Wildman–Crippen MR) is 147 cm³/mol. The van der Waals surface area contributed by atoms with Crippen LogP contribution in [0.4, 0.5) is 5.69 Å². The van der Waals surface area contributed by atoms with Gasteiger partial charge in [0, 0.05) is 35.2 Å². The van der Waals surface area contributed by atoms with E-state index in [2.05, 4.69) is 16.0 Å². The van der Waals surface area contributed by atoms with E-state index in [1.54, 1.807) is 32.0 Å². The normalized spacial score (nSPS) is 17.6. The Kier molecular flexibility index (Phi) is 8.70. The van der Waals surface area contributed by atoms with Crippen molar-refractivity contribution in [2.45, 2.75) is 71.5 Å². The number of nitrogens with zero attached hydrogens (tertiary/aromatic N) is 1. The van der Waals surface area contributed by atoms with Gasteiger partial charge in [-0.2, -0.15) is 0 Å². The number of carbonyl (C=O) groups is 5. The van der Waals surface area contributed by atoms with Crippen LogP contribution in [0.5, 0.6) is 0 Å². The van der Waals surface area contributed by atoms with Crippen molar-refractivity contribution in [2.24, 2.45) is 5.92 Å². The lowest BCUT2D eigenvalue weighted by Gasteiger charge is -2.29. The van der Waals surface area contributed by atoms with Gasteiger partial charge in [0.1, 0.15) is 12.1 Å². The second-order valence-corrected chi connectivity index (χ2v) is 10.8. The molecule has 5 amide bonds. The smallest absolute Gasteiger partial charge is 0.255 e. The molecule has 2 aromatic rings. The van der Waals surface area contributed by atoms with Crippen molar-refractivity contribution in [3.8, 4) is 0 Å². The summed E-state index contributed by atoms with van der Waals surface area (Å²) in [5, 5.41) is 8.55. The molecule has 10 heteroatoms. The molecule has 0 bridgehead atoms. The van der Waals surface area contributed by atoms with Crippen LogP contribution in [-0.2, 0) is 32.1 Å². The predicted octanol–water partition coefficient (Wildman–Crippen LogP) is 3.51. The molecule has 2 aromatic carbocycles. The summed E-state index contributed by atoms with van der Waals surface area (Å²) in [6.07, 6.45) is 2.05. The van der Waals surface area contributed by atoms with Crippen LogP contribution in [0, 0.1) is 12.8 Å². The quantitative estimate of drug-likeness (QED) is 0.411. The second kappa shape index (κ2) is 12.0. The molecule has 0 aromatic heterocycles. The fourth-order valence-electron chi connectivity index (χ4n) is 4.89. The third-order valence-electron chi connectivity index (χ3n) is 7.21.